The molecule has 0 spiro atoms. The van der Waals surface area contributed by atoms with Gasteiger partial charge in [-0.15, -0.1) is 0 Å². The van der Waals surface area contributed by atoms with Crippen molar-refractivity contribution in [2.45, 2.75) is 57.9 Å². The van der Waals surface area contributed by atoms with Gasteiger partial charge in [0.2, 0.25) is 11.7 Å². The first-order chi connectivity index (χ1) is 10.0. The van der Waals surface area contributed by atoms with E-state index in [9.17, 15) is 14.4 Å². The fraction of sp³-hybridized carbons (Fsp3) is 0.812. The molecule has 2 rings (SSSR count). The van der Waals surface area contributed by atoms with Crippen molar-refractivity contribution in [1.82, 2.24) is 10.2 Å². The summed E-state index contributed by atoms with van der Waals surface area (Å²) in [6, 6.07) is -0.682. The van der Waals surface area contributed by atoms with Crippen LogP contribution in [0.1, 0.15) is 51.9 Å². The summed E-state index contributed by atoms with van der Waals surface area (Å²) in [6.45, 7) is 2.22. The van der Waals surface area contributed by atoms with Crippen molar-refractivity contribution < 1.29 is 14.4 Å². The maximum Gasteiger partial charge on any atom is 0.289 e. The summed E-state index contributed by atoms with van der Waals surface area (Å²) in [5.41, 5.74) is 0. The van der Waals surface area contributed by atoms with Crippen LogP contribution in [0.15, 0.2) is 0 Å². The SMILES string of the molecule is CC(C(=O)C(=O)NCC1CC1)N(C)C(=O)C1CCCCC1. The second kappa shape index (κ2) is 7.05. The lowest BCUT2D eigenvalue weighted by Crippen LogP contribution is -2.48. The van der Waals surface area contributed by atoms with Crippen LogP contribution in [0.5, 0.6) is 0 Å². The molecule has 0 aromatic heterocycles. The Kier molecular flexibility index (Phi) is 5.37. The fourth-order valence-electron chi connectivity index (χ4n) is 2.84. The standard InChI is InChI=1S/C16H26N2O3/c1-11(14(19)15(20)17-10-12-8-9-12)18(2)16(21)13-6-4-3-5-7-13/h11-13H,3-10H2,1-2H3,(H,17,20). The van der Waals surface area contributed by atoms with Gasteiger partial charge < -0.3 is 10.2 Å². The van der Waals surface area contributed by atoms with E-state index in [0.717, 1.165) is 38.5 Å². The number of Topliss-reactive ketones (excluding diaryl/α,β-unsaturated/α-hetero) is 1. The molecule has 2 saturated carbocycles. The van der Waals surface area contributed by atoms with Crippen LogP contribution in [-0.2, 0) is 14.4 Å². The van der Waals surface area contributed by atoms with Crippen LogP contribution >= 0.6 is 0 Å². The number of likely N-dealkylation sites (N-methyl/N-ethyl adjacent to an activating group) is 1. The third-order valence-electron chi connectivity index (χ3n) is 4.73. The van der Waals surface area contributed by atoms with Crippen molar-refractivity contribution in [1.29, 1.82) is 0 Å². The predicted octanol–water partition coefficient (Wildman–Crippen LogP) is 1.51. The summed E-state index contributed by atoms with van der Waals surface area (Å²) in [7, 11) is 1.63. The molecule has 2 aliphatic rings. The Bertz CT molecular complexity index is 412. The lowest BCUT2D eigenvalue weighted by Gasteiger charge is -2.29. The molecule has 0 heterocycles. The Morgan fingerprint density at radius 3 is 2.29 bits per heavy atom. The predicted molar refractivity (Wildman–Crippen MR) is 79.5 cm³/mol. The van der Waals surface area contributed by atoms with E-state index in [1.165, 1.54) is 11.3 Å². The highest BCUT2D eigenvalue weighted by atomic mass is 16.2. The maximum absolute atomic E-state index is 12.4. The summed E-state index contributed by atoms with van der Waals surface area (Å²) in [5, 5.41) is 2.67. The van der Waals surface area contributed by atoms with Gasteiger partial charge in [-0.1, -0.05) is 19.3 Å². The number of hydrogen-bond donors (Lipinski definition) is 1. The summed E-state index contributed by atoms with van der Waals surface area (Å²) >= 11 is 0. The summed E-state index contributed by atoms with van der Waals surface area (Å²) in [4.78, 5) is 37.8. The first-order valence-electron chi connectivity index (χ1n) is 8.09. The Morgan fingerprint density at radius 1 is 1.10 bits per heavy atom. The fourth-order valence-corrected chi connectivity index (χ4v) is 2.84. The van der Waals surface area contributed by atoms with Gasteiger partial charge in [0.1, 0.15) is 0 Å². The van der Waals surface area contributed by atoms with E-state index in [2.05, 4.69) is 5.32 Å². The number of nitrogens with one attached hydrogen (secondary N) is 1. The molecular formula is C16H26N2O3. The van der Waals surface area contributed by atoms with E-state index >= 15 is 0 Å². The molecule has 118 valence electrons. The minimum Gasteiger partial charge on any atom is -0.349 e. The molecule has 0 aromatic rings. The minimum absolute atomic E-state index is 0.00513. The largest absolute Gasteiger partial charge is 0.349 e. The number of ketones is 1. The highest BCUT2D eigenvalue weighted by Crippen LogP contribution is 2.27. The third kappa shape index (κ3) is 4.29. The highest BCUT2D eigenvalue weighted by Gasteiger charge is 2.32. The van der Waals surface area contributed by atoms with Gasteiger partial charge in [0, 0.05) is 19.5 Å². The summed E-state index contributed by atoms with van der Waals surface area (Å²) in [6.07, 6.45) is 7.40. The molecule has 2 fully saturated rings. The van der Waals surface area contributed by atoms with Crippen LogP contribution in [0.25, 0.3) is 0 Å². The Labute approximate surface area is 126 Å². The monoisotopic (exact) mass is 294 g/mol. The van der Waals surface area contributed by atoms with Crippen molar-refractivity contribution in [3.8, 4) is 0 Å². The van der Waals surface area contributed by atoms with Crippen LogP contribution in [0, 0.1) is 11.8 Å². The molecule has 2 aliphatic carbocycles. The zero-order valence-corrected chi connectivity index (χ0v) is 13.1. The third-order valence-corrected chi connectivity index (χ3v) is 4.73. The molecule has 0 radical (unpaired) electrons. The molecule has 0 saturated heterocycles. The zero-order chi connectivity index (χ0) is 15.4. The number of carbonyl (C=O) groups excluding carboxylic acids is 3. The van der Waals surface area contributed by atoms with Crippen LogP contribution in [-0.4, -0.2) is 42.1 Å². The quantitative estimate of drug-likeness (QED) is 0.755. The van der Waals surface area contributed by atoms with E-state index in [0.29, 0.717) is 12.5 Å². The molecule has 0 bridgehead atoms. The average Bonchev–Trinajstić information content (AvgIpc) is 3.34. The minimum atomic E-state index is -0.682. The number of hydrogen-bond acceptors (Lipinski definition) is 3. The van der Waals surface area contributed by atoms with Crippen LogP contribution in [0.3, 0.4) is 0 Å². The first-order valence-corrected chi connectivity index (χ1v) is 8.09. The lowest BCUT2D eigenvalue weighted by atomic mass is 9.88. The number of carbonyl (C=O) groups is 3. The molecule has 0 aliphatic heterocycles. The Balaban J connectivity index is 1.84. The van der Waals surface area contributed by atoms with Crippen LogP contribution in [0.4, 0.5) is 0 Å². The number of amides is 2. The van der Waals surface area contributed by atoms with Crippen molar-refractivity contribution in [2.24, 2.45) is 11.8 Å². The molecule has 5 heteroatoms. The average molecular weight is 294 g/mol. The maximum atomic E-state index is 12.4. The van der Waals surface area contributed by atoms with Gasteiger partial charge in [-0.3, -0.25) is 14.4 Å². The van der Waals surface area contributed by atoms with Crippen molar-refractivity contribution in [3.63, 3.8) is 0 Å². The van der Waals surface area contributed by atoms with Gasteiger partial charge in [-0.05, 0) is 38.5 Å². The molecule has 0 aromatic carbocycles. The topological polar surface area (TPSA) is 66.5 Å². The van der Waals surface area contributed by atoms with Gasteiger partial charge >= 0.3 is 0 Å². The summed E-state index contributed by atoms with van der Waals surface area (Å²) < 4.78 is 0. The summed E-state index contributed by atoms with van der Waals surface area (Å²) in [5.74, 6) is -0.502. The second-order valence-corrected chi connectivity index (χ2v) is 6.48. The molecule has 5 nitrogen and oxygen atoms in total. The molecular weight excluding hydrogens is 268 g/mol. The molecule has 1 N–H and O–H groups in total. The van der Waals surface area contributed by atoms with Gasteiger partial charge in [-0.25, -0.2) is 0 Å². The first kappa shape index (κ1) is 16.0. The molecule has 2 amide bonds. The van der Waals surface area contributed by atoms with E-state index in [4.69, 9.17) is 0 Å². The van der Waals surface area contributed by atoms with E-state index < -0.39 is 17.7 Å². The smallest absolute Gasteiger partial charge is 0.289 e. The van der Waals surface area contributed by atoms with Gasteiger partial charge in [0.25, 0.3) is 5.91 Å². The van der Waals surface area contributed by atoms with E-state index in [1.807, 2.05) is 0 Å². The van der Waals surface area contributed by atoms with Gasteiger partial charge in [0.05, 0.1) is 6.04 Å². The Morgan fingerprint density at radius 2 is 1.71 bits per heavy atom. The molecule has 1 atom stereocenters. The highest BCUT2D eigenvalue weighted by molar-refractivity contribution is 6.38. The molecule has 21 heavy (non-hydrogen) atoms. The van der Waals surface area contributed by atoms with E-state index in [-0.39, 0.29) is 11.8 Å². The Hall–Kier alpha value is -1.39. The van der Waals surface area contributed by atoms with Crippen molar-refractivity contribution in [3.05, 3.63) is 0 Å². The normalized spacial score (nSPS) is 20.7. The van der Waals surface area contributed by atoms with Crippen molar-refractivity contribution in [2.75, 3.05) is 13.6 Å². The molecule has 1 unspecified atom stereocenters. The van der Waals surface area contributed by atoms with E-state index in [1.54, 1.807) is 14.0 Å². The van der Waals surface area contributed by atoms with Crippen LogP contribution in [0.2, 0.25) is 0 Å². The van der Waals surface area contributed by atoms with Crippen LogP contribution < -0.4 is 5.32 Å². The van der Waals surface area contributed by atoms with Gasteiger partial charge in [-0.2, -0.15) is 0 Å². The van der Waals surface area contributed by atoms with Gasteiger partial charge in [0.15, 0.2) is 0 Å². The van der Waals surface area contributed by atoms with Crippen molar-refractivity contribution >= 4 is 17.6 Å². The zero-order valence-electron chi connectivity index (χ0n) is 13.1. The number of rotatable bonds is 6. The lowest BCUT2D eigenvalue weighted by molar-refractivity contribution is -0.146. The number of nitrogens with zero attached hydrogens (tertiary/aromatic N) is 1. The second-order valence-electron chi connectivity index (χ2n) is 6.48.